The van der Waals surface area contributed by atoms with E-state index in [0.717, 1.165) is 28.5 Å². The molecule has 130 valence electrons. The van der Waals surface area contributed by atoms with Crippen molar-refractivity contribution in [2.24, 2.45) is 5.14 Å². The SMILES string of the molecule is CCn1c(SC/C=C/c2ccccc2)nc2cc(S(N)(=O)=O)ccc21. The predicted molar refractivity (Wildman–Crippen MR) is 103 cm³/mol. The average molecular weight is 374 g/mol. The highest BCUT2D eigenvalue weighted by Crippen LogP contribution is 2.26. The van der Waals surface area contributed by atoms with Crippen LogP contribution in [0.3, 0.4) is 0 Å². The first-order valence-electron chi connectivity index (χ1n) is 7.86. The lowest BCUT2D eigenvalue weighted by Crippen LogP contribution is -2.11. The molecular formula is C18H19N3O2S2. The first kappa shape index (κ1) is 17.7. The van der Waals surface area contributed by atoms with Gasteiger partial charge >= 0.3 is 0 Å². The van der Waals surface area contributed by atoms with Gasteiger partial charge in [0.25, 0.3) is 0 Å². The number of rotatable bonds is 6. The third-order valence-electron chi connectivity index (χ3n) is 3.75. The zero-order valence-electron chi connectivity index (χ0n) is 13.8. The summed E-state index contributed by atoms with van der Waals surface area (Å²) in [6, 6.07) is 14.9. The topological polar surface area (TPSA) is 78.0 Å². The predicted octanol–water partition coefficient (Wildman–Crippen LogP) is 3.51. The molecule has 0 aliphatic rings. The van der Waals surface area contributed by atoms with Gasteiger partial charge < -0.3 is 4.57 Å². The number of primary sulfonamides is 1. The Morgan fingerprint density at radius 1 is 1.20 bits per heavy atom. The van der Waals surface area contributed by atoms with E-state index < -0.39 is 10.0 Å². The van der Waals surface area contributed by atoms with Gasteiger partial charge in [-0.15, -0.1) is 0 Å². The summed E-state index contributed by atoms with van der Waals surface area (Å²) in [7, 11) is -3.72. The Labute approximate surface area is 151 Å². The minimum absolute atomic E-state index is 0.0845. The van der Waals surface area contributed by atoms with Crippen molar-refractivity contribution in [1.29, 1.82) is 0 Å². The number of aryl methyl sites for hydroxylation is 1. The number of hydrogen-bond acceptors (Lipinski definition) is 4. The van der Waals surface area contributed by atoms with Crippen LogP contribution >= 0.6 is 11.8 Å². The number of aromatic nitrogens is 2. The molecule has 0 atom stereocenters. The number of hydrogen-bond donors (Lipinski definition) is 1. The van der Waals surface area contributed by atoms with Gasteiger partial charge in [-0.05, 0) is 30.7 Å². The van der Waals surface area contributed by atoms with Crippen LogP contribution < -0.4 is 5.14 Å². The van der Waals surface area contributed by atoms with Crippen molar-refractivity contribution in [3.63, 3.8) is 0 Å². The van der Waals surface area contributed by atoms with Crippen LogP contribution in [-0.4, -0.2) is 23.7 Å². The summed E-state index contributed by atoms with van der Waals surface area (Å²) in [6.07, 6.45) is 4.17. The molecule has 3 aromatic rings. The molecule has 7 heteroatoms. The van der Waals surface area contributed by atoms with Gasteiger partial charge in [0.05, 0.1) is 15.9 Å². The van der Waals surface area contributed by atoms with Crippen LogP contribution in [0.5, 0.6) is 0 Å². The number of nitrogens with two attached hydrogens (primary N) is 1. The lowest BCUT2D eigenvalue weighted by atomic mass is 10.2. The summed E-state index contributed by atoms with van der Waals surface area (Å²) < 4.78 is 25.1. The number of thioether (sulfide) groups is 1. The molecule has 3 rings (SSSR count). The first-order valence-corrected chi connectivity index (χ1v) is 10.4. The Kier molecular flexibility index (Phi) is 5.27. The summed E-state index contributed by atoms with van der Waals surface area (Å²) in [4.78, 5) is 4.66. The fraction of sp³-hybridized carbons (Fsp3) is 0.167. The number of benzene rings is 2. The van der Waals surface area contributed by atoms with Crippen LogP contribution in [-0.2, 0) is 16.6 Å². The molecule has 1 aromatic heterocycles. The molecule has 0 bridgehead atoms. The van der Waals surface area contributed by atoms with E-state index in [1.807, 2.05) is 25.1 Å². The Morgan fingerprint density at radius 3 is 2.64 bits per heavy atom. The normalized spacial score (nSPS) is 12.2. The van der Waals surface area contributed by atoms with Crippen LogP contribution in [0.4, 0.5) is 0 Å². The second-order valence-electron chi connectivity index (χ2n) is 5.46. The third kappa shape index (κ3) is 4.12. The Hall–Kier alpha value is -2.09. The lowest BCUT2D eigenvalue weighted by Gasteiger charge is -2.04. The van der Waals surface area contributed by atoms with Gasteiger partial charge in [-0.25, -0.2) is 18.5 Å². The molecule has 0 aliphatic heterocycles. The first-order chi connectivity index (χ1) is 12.0. The van der Waals surface area contributed by atoms with Crippen molar-refractivity contribution < 1.29 is 8.42 Å². The standard InChI is InChI=1S/C18H19N3O2S2/c1-2-21-17-11-10-15(25(19,22)23)13-16(17)20-18(21)24-12-6-9-14-7-4-3-5-8-14/h3-11,13H,2,12H2,1H3,(H2,19,22,23)/b9-6+. The van der Waals surface area contributed by atoms with E-state index in [1.54, 1.807) is 17.8 Å². The number of fused-ring (bicyclic) bond motifs is 1. The maximum absolute atomic E-state index is 11.5. The largest absolute Gasteiger partial charge is 0.319 e. The molecule has 2 aromatic carbocycles. The molecular weight excluding hydrogens is 354 g/mol. The van der Waals surface area contributed by atoms with Gasteiger partial charge in [0, 0.05) is 12.3 Å². The van der Waals surface area contributed by atoms with E-state index in [0.29, 0.717) is 5.52 Å². The Morgan fingerprint density at radius 2 is 1.96 bits per heavy atom. The van der Waals surface area contributed by atoms with Crippen LogP contribution in [0.15, 0.2) is 64.7 Å². The fourth-order valence-corrected chi connectivity index (χ4v) is 3.97. The minimum Gasteiger partial charge on any atom is -0.319 e. The highest BCUT2D eigenvalue weighted by molar-refractivity contribution is 7.99. The summed E-state index contributed by atoms with van der Waals surface area (Å²) in [5.41, 5.74) is 2.71. The monoisotopic (exact) mass is 373 g/mol. The van der Waals surface area contributed by atoms with Crippen LogP contribution in [0, 0.1) is 0 Å². The Balaban J connectivity index is 1.82. The molecule has 0 saturated carbocycles. The van der Waals surface area contributed by atoms with Gasteiger partial charge in [0.2, 0.25) is 10.0 Å². The molecule has 2 N–H and O–H groups in total. The van der Waals surface area contributed by atoms with Crippen LogP contribution in [0.1, 0.15) is 12.5 Å². The average Bonchev–Trinajstić information content (AvgIpc) is 2.95. The van der Waals surface area contributed by atoms with E-state index in [2.05, 4.69) is 33.8 Å². The number of imidazole rings is 1. The van der Waals surface area contributed by atoms with Crippen molar-refractivity contribution in [1.82, 2.24) is 9.55 Å². The van der Waals surface area contributed by atoms with Crippen molar-refractivity contribution in [2.75, 3.05) is 5.75 Å². The molecule has 0 amide bonds. The summed E-state index contributed by atoms with van der Waals surface area (Å²) in [5.74, 6) is 0.778. The molecule has 0 aliphatic carbocycles. The van der Waals surface area contributed by atoms with E-state index >= 15 is 0 Å². The molecule has 0 saturated heterocycles. The van der Waals surface area contributed by atoms with E-state index in [9.17, 15) is 8.42 Å². The molecule has 0 spiro atoms. The van der Waals surface area contributed by atoms with Gasteiger partial charge in [0.15, 0.2) is 5.16 Å². The van der Waals surface area contributed by atoms with E-state index in [1.165, 1.54) is 12.1 Å². The van der Waals surface area contributed by atoms with Gasteiger partial charge in [-0.2, -0.15) is 0 Å². The van der Waals surface area contributed by atoms with E-state index in [4.69, 9.17) is 5.14 Å². The van der Waals surface area contributed by atoms with E-state index in [-0.39, 0.29) is 4.90 Å². The molecule has 0 fully saturated rings. The molecule has 5 nitrogen and oxygen atoms in total. The summed E-state index contributed by atoms with van der Waals surface area (Å²) in [5, 5.41) is 6.06. The zero-order valence-corrected chi connectivity index (χ0v) is 15.4. The van der Waals surface area contributed by atoms with Crippen molar-refractivity contribution >= 4 is 38.9 Å². The molecule has 1 heterocycles. The second-order valence-corrected chi connectivity index (χ2v) is 8.01. The van der Waals surface area contributed by atoms with Crippen LogP contribution in [0.2, 0.25) is 0 Å². The van der Waals surface area contributed by atoms with Crippen LogP contribution in [0.25, 0.3) is 17.1 Å². The Bertz CT molecular complexity index is 1010. The van der Waals surface area contributed by atoms with Crippen molar-refractivity contribution in [3.05, 3.63) is 60.2 Å². The maximum atomic E-state index is 11.5. The van der Waals surface area contributed by atoms with Gasteiger partial charge in [-0.1, -0.05) is 54.2 Å². The third-order valence-corrected chi connectivity index (χ3v) is 5.59. The van der Waals surface area contributed by atoms with Crippen molar-refractivity contribution in [2.45, 2.75) is 23.5 Å². The highest BCUT2D eigenvalue weighted by atomic mass is 32.2. The minimum atomic E-state index is -3.72. The summed E-state index contributed by atoms with van der Waals surface area (Å²) in [6.45, 7) is 2.80. The van der Waals surface area contributed by atoms with Gasteiger partial charge in [0.1, 0.15) is 0 Å². The molecule has 25 heavy (non-hydrogen) atoms. The number of nitrogens with zero attached hydrogens (tertiary/aromatic N) is 2. The molecule has 0 unspecified atom stereocenters. The summed E-state index contributed by atoms with van der Waals surface area (Å²) >= 11 is 1.61. The fourth-order valence-electron chi connectivity index (χ4n) is 2.55. The quantitative estimate of drug-likeness (QED) is 0.671. The smallest absolute Gasteiger partial charge is 0.238 e. The number of sulfonamides is 1. The lowest BCUT2D eigenvalue weighted by molar-refractivity contribution is 0.598. The second kappa shape index (κ2) is 7.43. The molecule has 0 radical (unpaired) electrons. The maximum Gasteiger partial charge on any atom is 0.238 e. The zero-order chi connectivity index (χ0) is 17.9. The van der Waals surface area contributed by atoms with Crippen molar-refractivity contribution in [3.8, 4) is 0 Å². The van der Waals surface area contributed by atoms with Gasteiger partial charge in [-0.3, -0.25) is 0 Å². The highest BCUT2D eigenvalue weighted by Gasteiger charge is 2.14.